The molecule has 23 heteroatoms. The van der Waals surface area contributed by atoms with E-state index >= 15 is 0 Å². The number of carbonyl (C=O) groups is 10. The summed E-state index contributed by atoms with van der Waals surface area (Å²) in [6.45, 7) is 0.752. The molecule has 98 heavy (non-hydrogen) atoms. The first-order chi connectivity index (χ1) is 47.3. The number of aliphatic carboxylic acids is 5. The number of carbonyl (C=O) groups excluding carboxylic acids is 5. The highest BCUT2D eigenvalue weighted by Crippen LogP contribution is 2.26. The van der Waals surface area contributed by atoms with E-state index in [-0.39, 0.29) is 58.7 Å². The molecule has 0 aliphatic heterocycles. The van der Waals surface area contributed by atoms with E-state index in [1.807, 2.05) is 0 Å². The van der Waals surface area contributed by atoms with E-state index in [2.05, 4.69) is 20.8 Å². The molecule has 0 spiro atoms. The average molecular weight is 1400 g/mol. The molecule has 570 valence electrons. The summed E-state index contributed by atoms with van der Waals surface area (Å²) < 4.78 is 28.7. The van der Waals surface area contributed by atoms with Crippen molar-refractivity contribution < 1.29 is 97.2 Å². The largest absolute Gasteiger partial charge is 0.480 e. The number of hydrogen-bond donors (Lipinski definition) is 5. The Labute approximate surface area is 588 Å². The predicted octanol–water partition coefficient (Wildman–Crippen LogP) is 14.8. The molecule has 0 saturated heterocycles. The number of unbranched alkanes of at least 4 members (excludes halogenated alkanes) is 39. The van der Waals surface area contributed by atoms with Gasteiger partial charge >= 0.3 is 59.7 Å². The van der Waals surface area contributed by atoms with Crippen molar-refractivity contribution in [3.63, 3.8) is 0 Å². The van der Waals surface area contributed by atoms with E-state index in [4.69, 9.17) is 23.7 Å². The minimum Gasteiger partial charge on any atom is -0.480 e. The molecule has 1 atom stereocenters. The van der Waals surface area contributed by atoms with Gasteiger partial charge in [0.1, 0.15) is 25.9 Å². The van der Waals surface area contributed by atoms with Crippen LogP contribution in [-0.4, -0.2) is 191 Å². The first kappa shape index (κ1) is 92.6. The van der Waals surface area contributed by atoms with Crippen molar-refractivity contribution >= 4 is 59.7 Å². The van der Waals surface area contributed by atoms with Crippen molar-refractivity contribution in [1.29, 1.82) is 0 Å². The van der Waals surface area contributed by atoms with Crippen LogP contribution in [0.1, 0.15) is 323 Å². The molecule has 0 amide bonds. The number of esters is 5. The van der Waals surface area contributed by atoms with E-state index in [0.717, 1.165) is 86.8 Å². The van der Waals surface area contributed by atoms with Gasteiger partial charge in [-0.15, -0.1) is 0 Å². The minimum absolute atomic E-state index is 0.115. The second-order valence-electron chi connectivity index (χ2n) is 27.1. The van der Waals surface area contributed by atoms with Gasteiger partial charge in [-0.3, -0.25) is 62.6 Å². The van der Waals surface area contributed by atoms with Crippen LogP contribution in [0, 0.1) is 5.41 Å². The molecule has 0 aromatic rings. The zero-order valence-corrected chi connectivity index (χ0v) is 61.2. The van der Waals surface area contributed by atoms with Crippen LogP contribution >= 0.6 is 0 Å². The lowest BCUT2D eigenvalue weighted by Crippen LogP contribution is -2.50. The maximum absolute atomic E-state index is 14.5. The van der Waals surface area contributed by atoms with Crippen LogP contribution in [0.3, 0.4) is 0 Å². The molecule has 0 aromatic carbocycles. The molecule has 0 aliphatic rings. The fourth-order valence-electron chi connectivity index (χ4n) is 11.8. The molecular weight excluding hydrogens is 1260 g/mol. The van der Waals surface area contributed by atoms with Crippen LogP contribution < -0.4 is 0 Å². The monoisotopic (exact) mass is 1400 g/mol. The summed E-state index contributed by atoms with van der Waals surface area (Å²) in [7, 11) is 0. The molecule has 1 unspecified atom stereocenters. The third kappa shape index (κ3) is 57.3. The molecule has 0 aliphatic carbocycles. The van der Waals surface area contributed by atoms with Crippen molar-refractivity contribution in [3.8, 4) is 0 Å². The van der Waals surface area contributed by atoms with E-state index in [1.165, 1.54) is 159 Å². The molecule has 0 heterocycles. The molecule has 23 nitrogen and oxygen atoms in total. The summed E-state index contributed by atoms with van der Waals surface area (Å²) in [6, 6.07) is -1.62. The SMILES string of the molecule is CCCCCCCCCCCCCCCC(=O)OCC(COC(=O)CCCCCCCCCCCCCCC)(COC(=O)CCCCCCCCCCCCCCC)C(=O)OCCCCCCOC(=O)CC(C(=O)O)N(CCN(CC(=O)O)CC(=O)O)CCN(CC(=O)O)CC(=O)O. The summed E-state index contributed by atoms with van der Waals surface area (Å²) in [6.07, 6.45) is 45.6. The van der Waals surface area contributed by atoms with Crippen LogP contribution in [0.5, 0.6) is 0 Å². The summed E-state index contributed by atoms with van der Waals surface area (Å²) in [5.41, 5.74) is -1.87. The fourth-order valence-corrected chi connectivity index (χ4v) is 11.8. The standard InChI is InChI=1S/C75H135N3O20/c1-4-7-10-13-16-19-22-25-28-31-34-37-42-47-69(87)96-61-75(62-97-70(88)48-43-38-35-32-29-26-23-20-17-14-11-8-5-2,63-98-71(89)49-44-39-36-33-30-27-24-21-18-15-12-9-6-3)74(93)95-55-46-41-40-45-54-94-72(90)56-64(73(91)92)78(52-50-76(57-65(79)80)58-66(81)82)53-51-77(59-67(83)84)60-68(85)86/h64H,4-63H2,1-3H3,(H,79,80)(H,81,82)(H,83,84)(H,85,86)(H,91,92). The number of nitrogens with zero attached hydrogens (tertiary/aromatic N) is 3. The highest BCUT2D eigenvalue weighted by Gasteiger charge is 2.45. The third-order valence-corrected chi connectivity index (χ3v) is 17.9. The molecule has 0 saturated carbocycles. The van der Waals surface area contributed by atoms with Gasteiger partial charge in [-0.25, -0.2) is 0 Å². The molecule has 5 N–H and O–H groups in total. The fraction of sp³-hybridized carbons (Fsp3) is 0.867. The lowest BCUT2D eigenvalue weighted by molar-refractivity contribution is -0.180. The van der Waals surface area contributed by atoms with Crippen molar-refractivity contribution in [2.24, 2.45) is 5.41 Å². The summed E-state index contributed by atoms with van der Waals surface area (Å²) in [5, 5.41) is 47.7. The first-order valence-electron chi connectivity index (χ1n) is 38.4. The first-order valence-corrected chi connectivity index (χ1v) is 38.4. The minimum atomic E-state index is -1.87. The van der Waals surface area contributed by atoms with Gasteiger partial charge in [0.15, 0.2) is 5.41 Å². The number of rotatable bonds is 74. The normalized spacial score (nSPS) is 11.9. The molecule has 0 rings (SSSR count). The van der Waals surface area contributed by atoms with Gasteiger partial charge in [-0.05, 0) is 44.9 Å². The van der Waals surface area contributed by atoms with E-state index < -0.39 is 124 Å². The Hall–Kier alpha value is -5.42. The Morgan fingerprint density at radius 2 is 0.541 bits per heavy atom. The van der Waals surface area contributed by atoms with Crippen LogP contribution in [0.25, 0.3) is 0 Å². The molecular formula is C75H135N3O20. The molecule has 0 fully saturated rings. The van der Waals surface area contributed by atoms with Gasteiger partial charge in [0, 0.05) is 45.4 Å². The predicted molar refractivity (Wildman–Crippen MR) is 378 cm³/mol. The molecule has 0 aromatic heterocycles. The summed E-state index contributed by atoms with van der Waals surface area (Å²) in [4.78, 5) is 130. The number of carboxylic acid groups (broad SMARTS) is 5. The maximum atomic E-state index is 14.5. The Morgan fingerprint density at radius 1 is 0.296 bits per heavy atom. The van der Waals surface area contributed by atoms with Crippen molar-refractivity contribution in [1.82, 2.24) is 14.7 Å². The van der Waals surface area contributed by atoms with Gasteiger partial charge in [-0.1, -0.05) is 252 Å². The van der Waals surface area contributed by atoms with Crippen molar-refractivity contribution in [2.45, 2.75) is 329 Å². The van der Waals surface area contributed by atoms with Crippen molar-refractivity contribution in [3.05, 3.63) is 0 Å². The Balaban J connectivity index is 6.10. The van der Waals surface area contributed by atoms with E-state index in [1.54, 1.807) is 0 Å². The summed E-state index contributed by atoms with van der Waals surface area (Å²) >= 11 is 0. The smallest absolute Gasteiger partial charge is 0.322 e. The zero-order chi connectivity index (χ0) is 72.5. The molecule has 0 bridgehead atoms. The van der Waals surface area contributed by atoms with Crippen LogP contribution in [0.2, 0.25) is 0 Å². The van der Waals surface area contributed by atoms with Crippen molar-refractivity contribution in [2.75, 3.05) is 85.4 Å². The Kier molecular flexibility index (Phi) is 61.3. The van der Waals surface area contributed by atoms with Gasteiger partial charge in [-0.2, -0.15) is 0 Å². The zero-order valence-electron chi connectivity index (χ0n) is 61.2. The lowest BCUT2D eigenvalue weighted by Gasteiger charge is -2.32. The Morgan fingerprint density at radius 3 is 0.796 bits per heavy atom. The van der Waals surface area contributed by atoms with Crippen LogP contribution in [-0.2, 0) is 71.6 Å². The highest BCUT2D eigenvalue weighted by atomic mass is 16.6. The van der Waals surface area contributed by atoms with Crippen LogP contribution in [0.4, 0.5) is 0 Å². The highest BCUT2D eigenvalue weighted by molar-refractivity contribution is 5.82. The van der Waals surface area contributed by atoms with Gasteiger partial charge < -0.3 is 49.2 Å². The van der Waals surface area contributed by atoms with Gasteiger partial charge in [0.2, 0.25) is 0 Å². The number of carboxylic acids is 5. The Bertz CT molecular complexity index is 1910. The second-order valence-corrected chi connectivity index (χ2v) is 27.1. The quantitative estimate of drug-likeness (QED) is 0.0215. The number of hydrogen-bond acceptors (Lipinski definition) is 18. The summed E-state index contributed by atoms with van der Waals surface area (Å²) in [5.74, 6) is -10.3. The maximum Gasteiger partial charge on any atom is 0.322 e. The van der Waals surface area contributed by atoms with Crippen LogP contribution in [0.15, 0.2) is 0 Å². The third-order valence-electron chi connectivity index (χ3n) is 17.9. The molecule has 0 radical (unpaired) electrons. The van der Waals surface area contributed by atoms with Gasteiger partial charge in [0.05, 0.1) is 45.8 Å². The topological polar surface area (TPSA) is 328 Å². The average Bonchev–Trinajstić information content (AvgIpc) is 0.835. The van der Waals surface area contributed by atoms with E-state index in [9.17, 15) is 73.5 Å². The number of ether oxygens (including phenoxy) is 5. The second kappa shape index (κ2) is 64.9. The lowest BCUT2D eigenvalue weighted by atomic mass is 9.91. The van der Waals surface area contributed by atoms with E-state index in [0.29, 0.717) is 44.9 Å². The van der Waals surface area contributed by atoms with Gasteiger partial charge in [0.25, 0.3) is 0 Å².